The Balaban J connectivity index is 1.60. The smallest absolute Gasteiger partial charge is 0.370 e. The second-order valence-corrected chi connectivity index (χ2v) is 7.32. The van der Waals surface area contributed by atoms with Crippen molar-refractivity contribution in [3.05, 3.63) is 39.7 Å². The Morgan fingerprint density at radius 3 is 2.89 bits per heavy atom. The fraction of sp³-hybridized carbons (Fsp3) is 0.412. The van der Waals surface area contributed by atoms with Crippen LogP contribution in [0.2, 0.25) is 0 Å². The molecule has 0 bridgehead atoms. The van der Waals surface area contributed by atoms with Crippen molar-refractivity contribution in [2.45, 2.75) is 38.9 Å². The van der Waals surface area contributed by atoms with E-state index in [2.05, 4.69) is 30.7 Å². The first-order valence-corrected chi connectivity index (χ1v) is 9.68. The molecule has 1 aliphatic rings. The molecule has 148 valence electrons. The third-order valence-electron chi connectivity index (χ3n) is 4.55. The van der Waals surface area contributed by atoms with E-state index in [1.54, 1.807) is 18.3 Å². The third-order valence-corrected chi connectivity index (χ3v) is 5.52. The number of aromatic nitrogens is 5. The van der Waals surface area contributed by atoms with Crippen LogP contribution in [-0.2, 0) is 12.6 Å². The lowest BCUT2D eigenvalue weighted by Gasteiger charge is -2.13. The van der Waals surface area contributed by atoms with Crippen molar-refractivity contribution in [2.75, 3.05) is 17.2 Å². The molecular formula is C17H18F3N7S. The Labute approximate surface area is 163 Å². The van der Waals surface area contributed by atoms with Crippen LogP contribution in [0.3, 0.4) is 0 Å². The van der Waals surface area contributed by atoms with E-state index in [-0.39, 0.29) is 17.8 Å². The zero-order chi connectivity index (χ0) is 19.9. The summed E-state index contributed by atoms with van der Waals surface area (Å²) in [5.41, 5.74) is 3.42. The highest BCUT2D eigenvalue weighted by Gasteiger charge is 2.35. The monoisotopic (exact) mass is 409 g/mol. The Kier molecular flexibility index (Phi) is 4.69. The number of thiazole rings is 1. The first-order chi connectivity index (χ1) is 13.4. The molecule has 0 aliphatic heterocycles. The van der Waals surface area contributed by atoms with Crippen LogP contribution in [-0.4, -0.2) is 31.3 Å². The van der Waals surface area contributed by atoms with Crippen molar-refractivity contribution in [2.24, 2.45) is 0 Å². The maximum atomic E-state index is 13.1. The zero-order valence-corrected chi connectivity index (χ0v) is 16.0. The summed E-state index contributed by atoms with van der Waals surface area (Å²) in [5.74, 6) is -0.167. The van der Waals surface area contributed by atoms with Crippen molar-refractivity contribution >= 4 is 28.8 Å². The maximum Gasteiger partial charge on any atom is 0.421 e. The topological polar surface area (TPSA) is 80.5 Å². The van der Waals surface area contributed by atoms with E-state index in [4.69, 9.17) is 0 Å². The molecule has 1 atom stereocenters. The second-order valence-electron chi connectivity index (χ2n) is 6.43. The summed E-state index contributed by atoms with van der Waals surface area (Å²) in [6.07, 6.45) is -0.0572. The van der Waals surface area contributed by atoms with E-state index >= 15 is 0 Å². The lowest BCUT2D eigenvalue weighted by atomic mass is 10.3. The van der Waals surface area contributed by atoms with Gasteiger partial charge < -0.3 is 10.6 Å². The number of alkyl halides is 3. The molecular weight excluding hydrogens is 391 g/mol. The predicted molar refractivity (Wildman–Crippen MR) is 100 cm³/mol. The molecule has 3 heterocycles. The molecule has 7 nitrogen and oxygen atoms in total. The molecule has 28 heavy (non-hydrogen) atoms. The lowest BCUT2D eigenvalue weighted by molar-refractivity contribution is -0.137. The number of hydrogen-bond donors (Lipinski definition) is 2. The molecule has 11 heteroatoms. The van der Waals surface area contributed by atoms with E-state index in [1.807, 2.05) is 23.3 Å². The minimum Gasteiger partial charge on any atom is -0.370 e. The predicted octanol–water partition coefficient (Wildman–Crippen LogP) is 4.17. The molecule has 0 aromatic carbocycles. The van der Waals surface area contributed by atoms with Gasteiger partial charge in [-0.05, 0) is 26.7 Å². The number of nitrogens with zero attached hydrogens (tertiary/aromatic N) is 5. The largest absolute Gasteiger partial charge is 0.421 e. The summed E-state index contributed by atoms with van der Waals surface area (Å²) in [6.45, 7) is 3.85. The van der Waals surface area contributed by atoms with E-state index in [0.717, 1.165) is 24.7 Å². The van der Waals surface area contributed by atoms with Gasteiger partial charge in [-0.25, -0.2) is 9.97 Å². The molecule has 3 aromatic rings. The van der Waals surface area contributed by atoms with Gasteiger partial charge in [-0.3, -0.25) is 4.68 Å². The highest BCUT2D eigenvalue weighted by Crippen LogP contribution is 2.37. The van der Waals surface area contributed by atoms with E-state index in [9.17, 15) is 13.2 Å². The van der Waals surface area contributed by atoms with Crippen LogP contribution in [0.1, 0.15) is 41.2 Å². The summed E-state index contributed by atoms with van der Waals surface area (Å²) in [5, 5.41) is 10.2. The van der Waals surface area contributed by atoms with Gasteiger partial charge in [-0.2, -0.15) is 23.3 Å². The highest BCUT2D eigenvalue weighted by molar-refractivity contribution is 7.09. The molecule has 0 saturated carbocycles. The minimum absolute atomic E-state index is 0.0801. The molecule has 3 aromatic heterocycles. The van der Waals surface area contributed by atoms with Crippen molar-refractivity contribution in [3.8, 4) is 0 Å². The fourth-order valence-electron chi connectivity index (χ4n) is 3.23. The highest BCUT2D eigenvalue weighted by atomic mass is 32.1. The van der Waals surface area contributed by atoms with Gasteiger partial charge in [-0.15, -0.1) is 11.3 Å². The van der Waals surface area contributed by atoms with Crippen molar-refractivity contribution in [1.82, 2.24) is 24.7 Å². The normalized spacial score (nSPS) is 16.2. The van der Waals surface area contributed by atoms with Crippen LogP contribution in [0.25, 0.3) is 0 Å². The Bertz CT molecular complexity index is 995. The number of halogens is 3. The van der Waals surface area contributed by atoms with Crippen LogP contribution in [0.4, 0.5) is 30.6 Å². The SMILES string of the molecule is CCNc1nc(Nc2cn(C3CCc4ncsc43)nc2C)ncc1C(F)(F)F. The Morgan fingerprint density at radius 2 is 2.14 bits per heavy atom. The third kappa shape index (κ3) is 3.41. The van der Waals surface area contributed by atoms with Crippen molar-refractivity contribution in [1.29, 1.82) is 0 Å². The molecule has 1 aliphatic carbocycles. The number of fused-ring (bicyclic) bond motifs is 1. The molecule has 4 rings (SSSR count). The molecule has 1 unspecified atom stereocenters. The van der Waals surface area contributed by atoms with Crippen LogP contribution in [0.5, 0.6) is 0 Å². The molecule has 0 radical (unpaired) electrons. The number of aryl methyl sites for hydroxylation is 2. The average Bonchev–Trinajstić information content (AvgIpc) is 3.31. The fourth-order valence-corrected chi connectivity index (χ4v) is 4.20. The minimum atomic E-state index is -4.52. The second kappa shape index (κ2) is 7.04. The van der Waals surface area contributed by atoms with Gasteiger partial charge in [-0.1, -0.05) is 0 Å². The Hall–Kier alpha value is -2.69. The van der Waals surface area contributed by atoms with Gasteiger partial charge >= 0.3 is 6.18 Å². The first-order valence-electron chi connectivity index (χ1n) is 8.80. The molecule has 0 saturated heterocycles. The van der Waals surface area contributed by atoms with Gasteiger partial charge in [0.2, 0.25) is 5.95 Å². The molecule has 0 amide bonds. The summed E-state index contributed by atoms with van der Waals surface area (Å²) in [7, 11) is 0. The summed E-state index contributed by atoms with van der Waals surface area (Å²) in [6, 6.07) is 0.127. The number of hydrogen-bond acceptors (Lipinski definition) is 7. The van der Waals surface area contributed by atoms with Crippen LogP contribution in [0, 0.1) is 6.92 Å². The summed E-state index contributed by atoms with van der Waals surface area (Å²) >= 11 is 1.61. The van der Waals surface area contributed by atoms with E-state index in [1.165, 1.54) is 4.88 Å². The maximum absolute atomic E-state index is 13.1. The summed E-state index contributed by atoms with van der Waals surface area (Å²) in [4.78, 5) is 13.4. The average molecular weight is 409 g/mol. The summed E-state index contributed by atoms with van der Waals surface area (Å²) < 4.78 is 41.2. The van der Waals surface area contributed by atoms with Gasteiger partial charge in [0.1, 0.15) is 11.4 Å². The molecule has 2 N–H and O–H groups in total. The van der Waals surface area contributed by atoms with Crippen molar-refractivity contribution < 1.29 is 13.2 Å². The lowest BCUT2D eigenvalue weighted by Crippen LogP contribution is -2.14. The van der Waals surface area contributed by atoms with Gasteiger partial charge in [0.25, 0.3) is 0 Å². The van der Waals surface area contributed by atoms with E-state index < -0.39 is 11.7 Å². The standard InChI is InChI=1S/C17H18F3N7S/c1-3-21-15-10(17(18,19)20)6-22-16(25-15)24-12-7-27(26-9(12)2)13-5-4-11-14(13)28-8-23-11/h6-8,13H,3-5H2,1-2H3,(H2,21,22,24,25). The van der Waals surface area contributed by atoms with Crippen LogP contribution in [0.15, 0.2) is 17.9 Å². The van der Waals surface area contributed by atoms with Gasteiger partial charge in [0.05, 0.1) is 33.5 Å². The first kappa shape index (κ1) is 18.7. The van der Waals surface area contributed by atoms with Crippen molar-refractivity contribution in [3.63, 3.8) is 0 Å². The number of nitrogens with one attached hydrogen (secondary N) is 2. The number of rotatable bonds is 5. The molecule has 0 spiro atoms. The zero-order valence-electron chi connectivity index (χ0n) is 15.2. The Morgan fingerprint density at radius 1 is 1.32 bits per heavy atom. The van der Waals surface area contributed by atoms with Crippen LogP contribution >= 0.6 is 11.3 Å². The quantitative estimate of drug-likeness (QED) is 0.658. The number of anilines is 3. The van der Waals surface area contributed by atoms with E-state index in [0.29, 0.717) is 17.9 Å². The van der Waals surface area contributed by atoms with Gasteiger partial charge in [0.15, 0.2) is 0 Å². The molecule has 0 fully saturated rings. The van der Waals surface area contributed by atoms with Gasteiger partial charge in [0, 0.05) is 18.9 Å². The van der Waals surface area contributed by atoms with Crippen LogP contribution < -0.4 is 10.6 Å².